The van der Waals surface area contributed by atoms with Crippen molar-refractivity contribution >= 4 is 5.69 Å². The molecule has 1 aliphatic carbocycles. The van der Waals surface area contributed by atoms with E-state index in [1.54, 1.807) is 6.20 Å². The summed E-state index contributed by atoms with van der Waals surface area (Å²) in [5.74, 6) is 5.13. The molecular formula is C15H13F3N4. The number of rotatable bonds is 1. The van der Waals surface area contributed by atoms with Gasteiger partial charge in [0, 0.05) is 24.0 Å². The second kappa shape index (κ2) is 4.45. The highest BCUT2D eigenvalue weighted by molar-refractivity contribution is 5.60. The van der Waals surface area contributed by atoms with Crippen molar-refractivity contribution in [2.24, 2.45) is 15.6 Å². The molecule has 4 nitrogen and oxygen atoms in total. The summed E-state index contributed by atoms with van der Waals surface area (Å²) in [5, 5.41) is 7.86. The fourth-order valence-corrected chi connectivity index (χ4v) is 2.83. The molecule has 2 aliphatic heterocycles. The Balaban J connectivity index is 1.68. The van der Waals surface area contributed by atoms with Crippen LogP contribution in [0.15, 0.2) is 22.5 Å². The zero-order valence-corrected chi connectivity index (χ0v) is 11.7. The molecule has 22 heavy (non-hydrogen) atoms. The summed E-state index contributed by atoms with van der Waals surface area (Å²) in [7, 11) is 0. The SMILES string of the molecule is FC(F)(F)C1(C#Cc2nccc3c2CCCN3C2N=N2)CC1. The minimum Gasteiger partial charge on any atom is -0.328 e. The van der Waals surface area contributed by atoms with Gasteiger partial charge >= 0.3 is 6.18 Å². The molecule has 0 saturated heterocycles. The lowest BCUT2D eigenvalue weighted by Crippen LogP contribution is -2.32. The molecule has 0 spiro atoms. The Kier molecular flexibility index (Phi) is 2.74. The predicted octanol–water partition coefficient (Wildman–Crippen LogP) is 3.28. The zero-order chi connectivity index (χ0) is 15.4. The van der Waals surface area contributed by atoms with Crippen molar-refractivity contribution in [1.29, 1.82) is 0 Å². The molecule has 114 valence electrons. The van der Waals surface area contributed by atoms with Crippen molar-refractivity contribution in [3.05, 3.63) is 23.5 Å². The van der Waals surface area contributed by atoms with Crippen LogP contribution in [0.1, 0.15) is 30.5 Å². The Morgan fingerprint density at radius 2 is 2.05 bits per heavy atom. The summed E-state index contributed by atoms with van der Waals surface area (Å²) in [4.78, 5) is 6.23. The number of halogens is 3. The van der Waals surface area contributed by atoms with Crippen LogP contribution in [0.3, 0.4) is 0 Å². The van der Waals surface area contributed by atoms with Gasteiger partial charge in [-0.2, -0.15) is 13.2 Å². The molecule has 3 heterocycles. The summed E-state index contributed by atoms with van der Waals surface area (Å²) in [6, 6.07) is 1.86. The van der Waals surface area contributed by atoms with Gasteiger partial charge in [-0.1, -0.05) is 5.92 Å². The van der Waals surface area contributed by atoms with Crippen LogP contribution < -0.4 is 4.90 Å². The minimum atomic E-state index is -4.26. The maximum absolute atomic E-state index is 13.0. The number of anilines is 1. The highest BCUT2D eigenvalue weighted by Gasteiger charge is 2.62. The van der Waals surface area contributed by atoms with Gasteiger partial charge in [0.05, 0.1) is 0 Å². The molecule has 0 N–H and O–H groups in total. The monoisotopic (exact) mass is 306 g/mol. The first kappa shape index (κ1) is 13.6. The second-order valence-corrected chi connectivity index (χ2v) is 5.86. The van der Waals surface area contributed by atoms with Crippen LogP contribution in [0, 0.1) is 17.3 Å². The lowest BCUT2D eigenvalue weighted by Gasteiger charge is -2.29. The predicted molar refractivity (Wildman–Crippen MR) is 73.1 cm³/mol. The van der Waals surface area contributed by atoms with E-state index in [1.165, 1.54) is 0 Å². The Morgan fingerprint density at radius 1 is 1.27 bits per heavy atom. The third-order valence-corrected chi connectivity index (χ3v) is 4.38. The summed E-state index contributed by atoms with van der Waals surface area (Å²) in [6.07, 6.45) is -0.959. The van der Waals surface area contributed by atoms with E-state index in [4.69, 9.17) is 0 Å². The van der Waals surface area contributed by atoms with Crippen molar-refractivity contribution < 1.29 is 13.2 Å². The van der Waals surface area contributed by atoms with Gasteiger partial charge in [-0.05, 0) is 37.7 Å². The zero-order valence-electron chi connectivity index (χ0n) is 11.7. The van der Waals surface area contributed by atoms with Crippen molar-refractivity contribution in [3.8, 4) is 11.8 Å². The van der Waals surface area contributed by atoms with Gasteiger partial charge in [0.25, 0.3) is 6.29 Å². The van der Waals surface area contributed by atoms with E-state index in [0.717, 1.165) is 30.6 Å². The van der Waals surface area contributed by atoms with Crippen LogP contribution in [0.2, 0.25) is 0 Å². The largest absolute Gasteiger partial charge is 0.405 e. The third kappa shape index (κ3) is 2.14. The van der Waals surface area contributed by atoms with Crippen LogP contribution in [0.5, 0.6) is 0 Å². The van der Waals surface area contributed by atoms with E-state index in [9.17, 15) is 13.2 Å². The van der Waals surface area contributed by atoms with Gasteiger partial charge in [0.1, 0.15) is 11.1 Å². The van der Waals surface area contributed by atoms with E-state index in [-0.39, 0.29) is 19.1 Å². The molecule has 1 aromatic heterocycles. The number of aromatic nitrogens is 1. The molecule has 7 heteroatoms. The van der Waals surface area contributed by atoms with E-state index in [1.807, 2.05) is 11.0 Å². The molecule has 0 unspecified atom stereocenters. The van der Waals surface area contributed by atoms with E-state index in [0.29, 0.717) is 5.69 Å². The molecule has 4 rings (SSSR count). The smallest absolute Gasteiger partial charge is 0.328 e. The van der Waals surface area contributed by atoms with Crippen LogP contribution >= 0.6 is 0 Å². The van der Waals surface area contributed by atoms with Crippen LogP contribution in [0.4, 0.5) is 18.9 Å². The first-order valence-electron chi connectivity index (χ1n) is 7.25. The molecule has 0 atom stereocenters. The number of alkyl halides is 3. The Bertz CT molecular complexity index is 704. The molecule has 0 amide bonds. The quantitative estimate of drug-likeness (QED) is 0.747. The van der Waals surface area contributed by atoms with Crippen LogP contribution in [-0.4, -0.2) is 24.0 Å². The normalized spacial score (nSPS) is 21.9. The van der Waals surface area contributed by atoms with Gasteiger partial charge in [-0.15, -0.1) is 10.2 Å². The summed E-state index contributed by atoms with van der Waals surface area (Å²) in [6.45, 7) is 0.841. The van der Waals surface area contributed by atoms with Crippen LogP contribution in [0.25, 0.3) is 0 Å². The lowest BCUT2D eigenvalue weighted by atomic mass is 9.99. The first-order chi connectivity index (χ1) is 10.5. The average Bonchev–Trinajstić information content (AvgIpc) is 3.37. The number of hydrogen-bond donors (Lipinski definition) is 0. The second-order valence-electron chi connectivity index (χ2n) is 5.86. The Labute approximate surface area is 125 Å². The molecule has 1 saturated carbocycles. The molecular weight excluding hydrogens is 293 g/mol. The fourth-order valence-electron chi connectivity index (χ4n) is 2.83. The molecule has 1 fully saturated rings. The summed E-state index contributed by atoms with van der Waals surface area (Å²) >= 11 is 0. The lowest BCUT2D eigenvalue weighted by molar-refractivity contribution is -0.168. The first-order valence-corrected chi connectivity index (χ1v) is 7.25. The Hall–Kier alpha value is -2.10. The number of hydrogen-bond acceptors (Lipinski definition) is 4. The van der Waals surface area contributed by atoms with Gasteiger partial charge in [-0.3, -0.25) is 0 Å². The van der Waals surface area contributed by atoms with Gasteiger partial charge in [0.15, 0.2) is 0 Å². The number of pyridine rings is 1. The fraction of sp³-hybridized carbons (Fsp3) is 0.533. The molecule has 0 radical (unpaired) electrons. The van der Waals surface area contributed by atoms with E-state index < -0.39 is 11.6 Å². The molecule has 0 aromatic carbocycles. The van der Waals surface area contributed by atoms with Crippen molar-refractivity contribution in [2.75, 3.05) is 11.4 Å². The number of nitrogens with zero attached hydrogens (tertiary/aromatic N) is 4. The molecule has 3 aliphatic rings. The topological polar surface area (TPSA) is 40.9 Å². The van der Waals surface area contributed by atoms with Gasteiger partial charge < -0.3 is 4.90 Å². The number of fused-ring (bicyclic) bond motifs is 1. The maximum atomic E-state index is 13.0. The average molecular weight is 306 g/mol. The van der Waals surface area contributed by atoms with Gasteiger partial charge in [0.2, 0.25) is 0 Å². The molecule has 1 aromatic rings. The van der Waals surface area contributed by atoms with Crippen molar-refractivity contribution in [1.82, 2.24) is 4.98 Å². The molecule has 0 bridgehead atoms. The third-order valence-electron chi connectivity index (χ3n) is 4.38. The highest BCUT2D eigenvalue weighted by atomic mass is 19.4. The highest BCUT2D eigenvalue weighted by Crippen LogP contribution is 2.57. The standard InChI is InChI=1S/C15H13F3N4/c16-15(17,18)14(6-7-14)5-3-11-10-2-1-9-22(13-20-21-13)12(10)4-8-19-11/h4,8,13H,1-2,6-7,9H2. The summed E-state index contributed by atoms with van der Waals surface area (Å²) in [5.41, 5.74) is 0.500. The van der Waals surface area contributed by atoms with Crippen LogP contribution in [-0.2, 0) is 6.42 Å². The van der Waals surface area contributed by atoms with Gasteiger partial charge in [-0.25, -0.2) is 4.98 Å². The Morgan fingerprint density at radius 3 is 2.68 bits per heavy atom. The minimum absolute atomic E-state index is 0.0878. The maximum Gasteiger partial charge on any atom is 0.405 e. The summed E-state index contributed by atoms with van der Waals surface area (Å²) < 4.78 is 38.9. The van der Waals surface area contributed by atoms with E-state index in [2.05, 4.69) is 27.1 Å². The van der Waals surface area contributed by atoms with E-state index >= 15 is 0 Å². The van der Waals surface area contributed by atoms with Crippen molar-refractivity contribution in [3.63, 3.8) is 0 Å². The van der Waals surface area contributed by atoms with Crippen molar-refractivity contribution in [2.45, 2.75) is 38.1 Å².